The van der Waals surface area contributed by atoms with Gasteiger partial charge in [-0.2, -0.15) is 0 Å². The number of para-hydroxylation sites is 1. The van der Waals surface area contributed by atoms with Crippen LogP contribution < -0.4 is 10.6 Å². The normalized spacial score (nSPS) is 10.1. The van der Waals surface area contributed by atoms with Crippen LogP contribution in [-0.4, -0.2) is 30.1 Å². The Morgan fingerprint density at radius 1 is 1.00 bits per heavy atom. The molecule has 0 fully saturated rings. The van der Waals surface area contributed by atoms with Crippen molar-refractivity contribution in [1.82, 2.24) is 0 Å². The van der Waals surface area contributed by atoms with Crippen molar-refractivity contribution in [2.45, 2.75) is 18.7 Å². The van der Waals surface area contributed by atoms with E-state index in [1.807, 2.05) is 18.2 Å². The molecule has 2 amide bonds. The summed E-state index contributed by atoms with van der Waals surface area (Å²) in [4.78, 5) is 35.8. The van der Waals surface area contributed by atoms with Crippen molar-refractivity contribution in [3.63, 3.8) is 0 Å². The van der Waals surface area contributed by atoms with E-state index >= 15 is 0 Å². The Morgan fingerprint density at radius 3 is 2.35 bits per heavy atom. The van der Waals surface area contributed by atoms with Crippen molar-refractivity contribution in [3.05, 3.63) is 54.1 Å². The summed E-state index contributed by atoms with van der Waals surface area (Å²) in [6.45, 7) is 3.50. The topological polar surface area (TPSA) is 84.5 Å². The number of esters is 1. The SMILES string of the molecule is CCOC(=O)c1ccc(NC(=O)CSc2ccccc2NC(C)=O)cc1. The van der Waals surface area contributed by atoms with Crippen LogP contribution >= 0.6 is 11.8 Å². The highest BCUT2D eigenvalue weighted by Crippen LogP contribution is 2.27. The van der Waals surface area contributed by atoms with Crippen LogP contribution in [0.1, 0.15) is 24.2 Å². The van der Waals surface area contributed by atoms with Crippen molar-refractivity contribution in [3.8, 4) is 0 Å². The predicted molar refractivity (Wildman–Crippen MR) is 102 cm³/mol. The van der Waals surface area contributed by atoms with Gasteiger partial charge in [0.1, 0.15) is 0 Å². The number of amides is 2. The molecule has 2 aromatic carbocycles. The first-order valence-corrected chi connectivity index (χ1v) is 9.04. The Bertz CT molecular complexity index is 790. The quantitative estimate of drug-likeness (QED) is 0.573. The molecule has 6 nitrogen and oxygen atoms in total. The van der Waals surface area contributed by atoms with E-state index in [1.54, 1.807) is 37.3 Å². The summed E-state index contributed by atoms with van der Waals surface area (Å²) in [5.74, 6) is -0.549. The van der Waals surface area contributed by atoms with Gasteiger partial charge in [-0.15, -0.1) is 11.8 Å². The average molecular weight is 372 g/mol. The van der Waals surface area contributed by atoms with E-state index in [0.717, 1.165) is 4.90 Å². The van der Waals surface area contributed by atoms with E-state index in [0.29, 0.717) is 23.5 Å². The van der Waals surface area contributed by atoms with Gasteiger partial charge in [0.05, 0.1) is 23.6 Å². The second-order valence-corrected chi connectivity index (χ2v) is 6.33. The zero-order valence-corrected chi connectivity index (χ0v) is 15.4. The van der Waals surface area contributed by atoms with Gasteiger partial charge in [0, 0.05) is 17.5 Å². The van der Waals surface area contributed by atoms with E-state index in [9.17, 15) is 14.4 Å². The number of thioether (sulfide) groups is 1. The molecular weight excluding hydrogens is 352 g/mol. The number of hydrogen-bond donors (Lipinski definition) is 2. The molecule has 0 bridgehead atoms. The molecule has 0 unspecified atom stereocenters. The first-order valence-electron chi connectivity index (χ1n) is 8.06. The Kier molecular flexibility index (Phi) is 7.23. The summed E-state index contributed by atoms with van der Waals surface area (Å²) in [6, 6.07) is 13.8. The van der Waals surface area contributed by atoms with Crippen LogP contribution in [0.25, 0.3) is 0 Å². The minimum atomic E-state index is -0.393. The largest absolute Gasteiger partial charge is 0.462 e. The predicted octanol–water partition coefficient (Wildman–Crippen LogP) is 3.55. The monoisotopic (exact) mass is 372 g/mol. The molecule has 0 aliphatic heterocycles. The van der Waals surface area contributed by atoms with Gasteiger partial charge < -0.3 is 15.4 Å². The molecule has 2 aromatic rings. The Balaban J connectivity index is 1.91. The zero-order chi connectivity index (χ0) is 18.9. The van der Waals surface area contributed by atoms with Crippen LogP contribution in [0.4, 0.5) is 11.4 Å². The number of hydrogen-bond acceptors (Lipinski definition) is 5. The Hall–Kier alpha value is -2.80. The van der Waals surface area contributed by atoms with E-state index in [1.165, 1.54) is 18.7 Å². The Morgan fingerprint density at radius 2 is 1.69 bits per heavy atom. The van der Waals surface area contributed by atoms with Crippen LogP contribution in [-0.2, 0) is 14.3 Å². The first kappa shape index (κ1) is 19.5. The minimum Gasteiger partial charge on any atom is -0.462 e. The number of carbonyl (C=O) groups excluding carboxylic acids is 3. The van der Waals surface area contributed by atoms with Gasteiger partial charge in [-0.3, -0.25) is 9.59 Å². The number of benzene rings is 2. The number of ether oxygens (including phenoxy) is 1. The van der Waals surface area contributed by atoms with Crippen molar-refractivity contribution < 1.29 is 19.1 Å². The van der Waals surface area contributed by atoms with Crippen molar-refractivity contribution in [1.29, 1.82) is 0 Å². The first-order chi connectivity index (χ1) is 12.5. The summed E-state index contributed by atoms with van der Waals surface area (Å²) < 4.78 is 4.92. The molecule has 136 valence electrons. The summed E-state index contributed by atoms with van der Waals surface area (Å²) in [6.07, 6.45) is 0. The molecule has 0 aromatic heterocycles. The van der Waals surface area contributed by atoms with Gasteiger partial charge >= 0.3 is 5.97 Å². The molecule has 2 N–H and O–H groups in total. The van der Waals surface area contributed by atoms with Crippen molar-refractivity contribution >= 4 is 40.9 Å². The molecule has 26 heavy (non-hydrogen) atoms. The highest BCUT2D eigenvalue weighted by atomic mass is 32.2. The molecule has 0 radical (unpaired) electrons. The van der Waals surface area contributed by atoms with E-state index < -0.39 is 5.97 Å². The third kappa shape index (κ3) is 5.93. The molecule has 0 atom stereocenters. The maximum atomic E-state index is 12.1. The lowest BCUT2D eigenvalue weighted by Crippen LogP contribution is -2.14. The molecule has 0 spiro atoms. The lowest BCUT2D eigenvalue weighted by atomic mass is 10.2. The second-order valence-electron chi connectivity index (χ2n) is 5.31. The van der Waals surface area contributed by atoms with Gasteiger partial charge in [-0.25, -0.2) is 4.79 Å². The van der Waals surface area contributed by atoms with Crippen molar-refractivity contribution in [2.24, 2.45) is 0 Å². The maximum absolute atomic E-state index is 12.1. The minimum absolute atomic E-state index is 0.163. The van der Waals surface area contributed by atoms with Gasteiger partial charge in [0.25, 0.3) is 0 Å². The Labute approximate surface area is 156 Å². The fourth-order valence-electron chi connectivity index (χ4n) is 2.13. The van der Waals surface area contributed by atoms with Crippen LogP contribution in [0, 0.1) is 0 Å². The van der Waals surface area contributed by atoms with Gasteiger partial charge in [0.15, 0.2) is 0 Å². The fraction of sp³-hybridized carbons (Fsp3) is 0.211. The molecule has 0 aliphatic carbocycles. The summed E-state index contributed by atoms with van der Waals surface area (Å²) >= 11 is 1.33. The molecule has 7 heteroatoms. The number of carbonyl (C=O) groups is 3. The van der Waals surface area contributed by atoms with E-state index in [2.05, 4.69) is 10.6 Å². The third-order valence-electron chi connectivity index (χ3n) is 3.24. The molecule has 0 saturated carbocycles. The maximum Gasteiger partial charge on any atom is 0.338 e. The number of rotatable bonds is 7. The lowest BCUT2D eigenvalue weighted by Gasteiger charge is -2.10. The van der Waals surface area contributed by atoms with Crippen LogP contribution in [0.5, 0.6) is 0 Å². The highest BCUT2D eigenvalue weighted by molar-refractivity contribution is 8.00. The average Bonchev–Trinajstić information content (AvgIpc) is 2.61. The smallest absolute Gasteiger partial charge is 0.338 e. The third-order valence-corrected chi connectivity index (χ3v) is 4.31. The van der Waals surface area contributed by atoms with Gasteiger partial charge in [0.2, 0.25) is 11.8 Å². The summed E-state index contributed by atoms with van der Waals surface area (Å²) in [5.41, 5.74) is 1.71. The summed E-state index contributed by atoms with van der Waals surface area (Å²) in [7, 11) is 0. The summed E-state index contributed by atoms with van der Waals surface area (Å²) in [5, 5.41) is 5.51. The van der Waals surface area contributed by atoms with Gasteiger partial charge in [-0.1, -0.05) is 12.1 Å². The highest BCUT2D eigenvalue weighted by Gasteiger charge is 2.09. The van der Waals surface area contributed by atoms with E-state index in [4.69, 9.17) is 4.74 Å². The number of nitrogens with one attached hydrogen (secondary N) is 2. The van der Waals surface area contributed by atoms with Crippen LogP contribution in [0.3, 0.4) is 0 Å². The lowest BCUT2D eigenvalue weighted by molar-refractivity contribution is -0.114. The molecule has 2 rings (SSSR count). The van der Waals surface area contributed by atoms with Crippen molar-refractivity contribution in [2.75, 3.05) is 23.0 Å². The molecule has 0 aliphatic rings. The zero-order valence-electron chi connectivity index (χ0n) is 14.6. The molecule has 0 saturated heterocycles. The number of anilines is 2. The van der Waals surface area contributed by atoms with E-state index in [-0.39, 0.29) is 17.6 Å². The standard InChI is InChI=1S/C19H20N2O4S/c1-3-25-19(24)14-8-10-15(11-9-14)21-18(23)12-26-17-7-5-4-6-16(17)20-13(2)22/h4-11H,3,12H2,1-2H3,(H,20,22)(H,21,23). The molecular formula is C19H20N2O4S. The second kappa shape index (κ2) is 9.62. The van der Waals surface area contributed by atoms with Crippen LogP contribution in [0.15, 0.2) is 53.4 Å². The van der Waals surface area contributed by atoms with Gasteiger partial charge in [-0.05, 0) is 43.3 Å². The molecule has 0 heterocycles. The fourth-order valence-corrected chi connectivity index (χ4v) is 2.94. The van der Waals surface area contributed by atoms with Crippen LogP contribution in [0.2, 0.25) is 0 Å².